The number of nitrogens with zero attached hydrogens (tertiary/aromatic N) is 1. The van der Waals surface area contributed by atoms with E-state index in [9.17, 15) is 4.79 Å². The Morgan fingerprint density at radius 3 is 1.82 bits per heavy atom. The molecule has 0 radical (unpaired) electrons. The van der Waals surface area contributed by atoms with Crippen molar-refractivity contribution in [3.63, 3.8) is 0 Å². The van der Waals surface area contributed by atoms with Crippen molar-refractivity contribution in [1.29, 1.82) is 0 Å². The van der Waals surface area contributed by atoms with E-state index >= 15 is 0 Å². The molecule has 4 heteroatoms. The number of benzene rings is 1. The highest BCUT2D eigenvalue weighted by Gasteiger charge is 2.55. The largest absolute Gasteiger partial charge is 0.493 e. The summed E-state index contributed by atoms with van der Waals surface area (Å²) < 4.78 is 11.6. The van der Waals surface area contributed by atoms with Crippen molar-refractivity contribution in [2.24, 2.45) is 28.2 Å². The summed E-state index contributed by atoms with van der Waals surface area (Å²) in [6.45, 7) is 3.15. The first kappa shape index (κ1) is 30.1. The third-order valence-electron chi connectivity index (χ3n) is 9.74. The van der Waals surface area contributed by atoms with Crippen molar-refractivity contribution in [2.45, 2.75) is 135 Å². The molecule has 0 aliphatic heterocycles. The zero-order valence-electron chi connectivity index (χ0n) is 25.1. The summed E-state index contributed by atoms with van der Waals surface area (Å²) in [7, 11) is 1.65. The first-order valence-corrected chi connectivity index (χ1v) is 16.5. The van der Waals surface area contributed by atoms with Gasteiger partial charge in [-0.15, -0.1) is 0 Å². The van der Waals surface area contributed by atoms with Crippen molar-refractivity contribution in [3.8, 4) is 11.5 Å². The predicted octanol–water partition coefficient (Wildman–Crippen LogP) is 9.72. The average Bonchev–Trinajstić information content (AvgIpc) is 2.92. The summed E-state index contributed by atoms with van der Waals surface area (Å²) in [5.41, 5.74) is 0.736. The Kier molecular flexibility index (Phi) is 12.2. The van der Waals surface area contributed by atoms with Crippen LogP contribution in [-0.2, 0) is 4.79 Å². The number of hydrogen-bond acceptors (Lipinski definition) is 4. The summed E-state index contributed by atoms with van der Waals surface area (Å²) in [6, 6.07) is 5.81. The lowest BCUT2D eigenvalue weighted by Crippen LogP contribution is -2.51. The van der Waals surface area contributed by atoms with Crippen LogP contribution in [-0.4, -0.2) is 25.8 Å². The molecule has 4 aliphatic carbocycles. The van der Waals surface area contributed by atoms with Gasteiger partial charge in [0.05, 0.1) is 12.5 Å². The number of methoxy groups -OCH3 is 1. The van der Waals surface area contributed by atoms with Gasteiger partial charge >= 0.3 is 5.97 Å². The molecule has 0 spiro atoms. The highest BCUT2D eigenvalue weighted by molar-refractivity contribution is 5.83. The minimum atomic E-state index is -0.257. The molecule has 39 heavy (non-hydrogen) atoms. The Balaban J connectivity index is 1.08. The van der Waals surface area contributed by atoms with Gasteiger partial charge in [0.15, 0.2) is 11.5 Å². The lowest BCUT2D eigenvalue weighted by molar-refractivity contribution is -0.161. The van der Waals surface area contributed by atoms with Crippen LogP contribution in [0.4, 0.5) is 0 Å². The van der Waals surface area contributed by atoms with Gasteiger partial charge in [0, 0.05) is 12.8 Å². The molecular weight excluding hydrogens is 482 g/mol. The molecule has 5 rings (SSSR count). The van der Waals surface area contributed by atoms with Gasteiger partial charge in [-0.1, -0.05) is 90.4 Å². The van der Waals surface area contributed by atoms with Crippen LogP contribution >= 0.6 is 0 Å². The van der Waals surface area contributed by atoms with Gasteiger partial charge in [-0.2, -0.15) is 0 Å². The molecule has 218 valence electrons. The molecule has 0 amide bonds. The predicted molar refractivity (Wildman–Crippen MR) is 162 cm³/mol. The van der Waals surface area contributed by atoms with E-state index in [1.807, 2.05) is 24.4 Å². The lowest BCUT2D eigenvalue weighted by atomic mass is 9.49. The number of hydrogen-bond donors (Lipinski definition) is 0. The highest BCUT2D eigenvalue weighted by atomic mass is 16.6. The Bertz CT molecular complexity index is 872. The summed E-state index contributed by atoms with van der Waals surface area (Å²) in [4.78, 5) is 18.0. The Morgan fingerprint density at radius 1 is 0.795 bits per heavy atom. The number of rotatable bonds is 19. The topological polar surface area (TPSA) is 47.9 Å². The number of unbranched alkanes of at least 4 members (excludes halogenated alkanes) is 13. The van der Waals surface area contributed by atoms with Crippen molar-refractivity contribution in [2.75, 3.05) is 13.7 Å². The smallest absolute Gasteiger partial charge is 0.317 e. The molecular formula is C35H55NO3. The van der Waals surface area contributed by atoms with Gasteiger partial charge in [-0.25, -0.2) is 0 Å². The molecule has 0 heterocycles. The molecule has 4 nitrogen and oxygen atoms in total. The van der Waals surface area contributed by atoms with Crippen molar-refractivity contribution >= 4 is 12.2 Å². The fourth-order valence-electron chi connectivity index (χ4n) is 7.99. The van der Waals surface area contributed by atoms with Crippen LogP contribution < -0.4 is 9.47 Å². The standard InChI is InChI=1S/C35H55NO3/c1-3-4-5-6-7-8-9-10-11-12-13-14-15-16-19-36-27-28-17-18-32(33(23-28)38-2)39-34(37)35-24-29-20-30(25-35)22-31(21-29)26-35/h17-18,23,27,29-31H,3-16,19-22,24-26H2,1-2H3. The SMILES string of the molecule is CCCCCCCCCCCCCCCCN=Cc1ccc(OC(=O)C23CC4CC(CC(C4)C2)C3)c(OC)c1. The second kappa shape index (κ2) is 15.8. The highest BCUT2D eigenvalue weighted by Crippen LogP contribution is 2.60. The summed E-state index contributed by atoms with van der Waals surface area (Å²) in [6.07, 6.45) is 28.2. The van der Waals surface area contributed by atoms with E-state index in [0.717, 1.165) is 55.5 Å². The van der Waals surface area contributed by atoms with Crippen molar-refractivity contribution < 1.29 is 14.3 Å². The van der Waals surface area contributed by atoms with Gasteiger partial charge in [0.1, 0.15) is 0 Å². The van der Waals surface area contributed by atoms with Crippen LogP contribution in [0.1, 0.15) is 141 Å². The third kappa shape index (κ3) is 9.08. The van der Waals surface area contributed by atoms with Gasteiger partial charge in [0.25, 0.3) is 0 Å². The molecule has 0 saturated heterocycles. The van der Waals surface area contributed by atoms with Gasteiger partial charge in [-0.3, -0.25) is 9.79 Å². The minimum absolute atomic E-state index is 0.0286. The molecule has 4 saturated carbocycles. The Hall–Kier alpha value is -1.84. The second-order valence-electron chi connectivity index (χ2n) is 13.1. The molecule has 1 aromatic carbocycles. The molecule has 4 bridgehead atoms. The van der Waals surface area contributed by atoms with E-state index in [-0.39, 0.29) is 11.4 Å². The molecule has 0 atom stereocenters. The van der Waals surface area contributed by atoms with Crippen LogP contribution in [0.2, 0.25) is 0 Å². The summed E-state index contributed by atoms with van der Waals surface area (Å²) in [5, 5.41) is 0. The second-order valence-corrected chi connectivity index (χ2v) is 13.1. The van der Waals surface area contributed by atoms with Gasteiger partial charge < -0.3 is 9.47 Å². The maximum absolute atomic E-state index is 13.4. The van der Waals surface area contributed by atoms with E-state index in [1.165, 1.54) is 103 Å². The molecule has 4 fully saturated rings. The number of ether oxygens (including phenoxy) is 2. The van der Waals surface area contributed by atoms with E-state index in [1.54, 1.807) is 7.11 Å². The summed E-state index contributed by atoms with van der Waals surface area (Å²) in [5.74, 6) is 3.31. The van der Waals surface area contributed by atoms with Crippen LogP contribution in [0.5, 0.6) is 11.5 Å². The summed E-state index contributed by atoms with van der Waals surface area (Å²) >= 11 is 0. The normalized spacial score (nSPS) is 25.4. The van der Waals surface area contributed by atoms with Crippen LogP contribution in [0, 0.1) is 23.2 Å². The van der Waals surface area contributed by atoms with Crippen molar-refractivity contribution in [3.05, 3.63) is 23.8 Å². The lowest BCUT2D eigenvalue weighted by Gasteiger charge is -2.55. The first-order chi connectivity index (χ1) is 19.1. The maximum atomic E-state index is 13.4. The Morgan fingerprint density at radius 2 is 1.31 bits per heavy atom. The maximum Gasteiger partial charge on any atom is 0.317 e. The van der Waals surface area contributed by atoms with E-state index in [0.29, 0.717) is 11.5 Å². The quantitative estimate of drug-likeness (QED) is 0.0763. The van der Waals surface area contributed by atoms with Gasteiger partial charge in [0.2, 0.25) is 0 Å². The zero-order chi connectivity index (χ0) is 27.3. The number of aliphatic imine (C=N–C) groups is 1. The fraction of sp³-hybridized carbons (Fsp3) is 0.771. The average molecular weight is 538 g/mol. The van der Waals surface area contributed by atoms with Gasteiger partial charge in [-0.05, 0) is 86.5 Å². The monoisotopic (exact) mass is 537 g/mol. The number of carbonyl (C=O) groups excluding carboxylic acids is 1. The number of carbonyl (C=O) groups is 1. The molecule has 4 aliphatic rings. The van der Waals surface area contributed by atoms with Crippen LogP contribution in [0.15, 0.2) is 23.2 Å². The number of esters is 1. The van der Waals surface area contributed by atoms with Crippen LogP contribution in [0.3, 0.4) is 0 Å². The minimum Gasteiger partial charge on any atom is -0.493 e. The molecule has 0 unspecified atom stereocenters. The third-order valence-corrected chi connectivity index (χ3v) is 9.74. The molecule has 1 aromatic rings. The van der Waals surface area contributed by atoms with Crippen LogP contribution in [0.25, 0.3) is 0 Å². The van der Waals surface area contributed by atoms with E-state index in [4.69, 9.17) is 9.47 Å². The van der Waals surface area contributed by atoms with Crippen molar-refractivity contribution in [1.82, 2.24) is 0 Å². The molecule has 0 N–H and O–H groups in total. The Labute approximate surface area is 238 Å². The zero-order valence-corrected chi connectivity index (χ0v) is 25.1. The fourth-order valence-corrected chi connectivity index (χ4v) is 7.99. The molecule has 0 aromatic heterocycles. The first-order valence-electron chi connectivity index (χ1n) is 16.5. The van der Waals surface area contributed by atoms with E-state index < -0.39 is 0 Å². The van der Waals surface area contributed by atoms with E-state index in [2.05, 4.69) is 11.9 Å².